The van der Waals surface area contributed by atoms with Crippen molar-refractivity contribution in [3.05, 3.63) is 74.8 Å². The zero-order valence-corrected chi connectivity index (χ0v) is 14.3. The van der Waals surface area contributed by atoms with Gasteiger partial charge < -0.3 is 0 Å². The highest BCUT2D eigenvalue weighted by Gasteiger charge is 2.06. The van der Waals surface area contributed by atoms with Crippen LogP contribution in [0.15, 0.2) is 47.6 Å². The van der Waals surface area contributed by atoms with E-state index in [2.05, 4.69) is 34.6 Å². The van der Waals surface area contributed by atoms with Crippen molar-refractivity contribution in [2.45, 2.75) is 20.8 Å². The van der Waals surface area contributed by atoms with Gasteiger partial charge in [-0.3, -0.25) is 15.5 Å². The van der Waals surface area contributed by atoms with Gasteiger partial charge in [-0.05, 0) is 44.0 Å². The van der Waals surface area contributed by atoms with Gasteiger partial charge in [0.1, 0.15) is 5.82 Å². The molecule has 3 aromatic rings. The average Bonchev–Trinajstić information content (AvgIpc) is 2.56. The van der Waals surface area contributed by atoms with Crippen LogP contribution in [0.3, 0.4) is 0 Å². The first kappa shape index (κ1) is 16.6. The molecular weight excluding hydrogens is 316 g/mol. The summed E-state index contributed by atoms with van der Waals surface area (Å²) in [6.45, 7) is 6.15. The van der Waals surface area contributed by atoms with Crippen LogP contribution in [-0.4, -0.2) is 16.1 Å². The van der Waals surface area contributed by atoms with E-state index in [0.29, 0.717) is 11.4 Å². The molecule has 0 bridgehead atoms. The van der Waals surface area contributed by atoms with Gasteiger partial charge >= 0.3 is 0 Å². The fourth-order valence-corrected chi connectivity index (χ4v) is 2.79. The van der Waals surface area contributed by atoms with Crippen LogP contribution in [0.25, 0.3) is 10.9 Å². The summed E-state index contributed by atoms with van der Waals surface area (Å²) in [6, 6.07) is 12.5. The summed E-state index contributed by atoms with van der Waals surface area (Å²) in [4.78, 5) is 15.0. The fraction of sp³-hybridized carbons (Fsp3) is 0.158. The molecule has 0 aliphatic heterocycles. The third kappa shape index (κ3) is 3.63. The molecule has 1 N–H and O–H groups in total. The number of anilines is 1. The molecule has 3 rings (SSSR count). The number of hydrogen-bond donors (Lipinski definition) is 1. The Bertz CT molecular complexity index is 996. The number of nitrogens with zero attached hydrogens (tertiary/aromatic N) is 3. The van der Waals surface area contributed by atoms with E-state index in [9.17, 15) is 10.1 Å². The quantitative estimate of drug-likeness (QED) is 0.432. The molecule has 0 aliphatic rings. The number of benzene rings is 2. The predicted octanol–water partition coefficient (Wildman–Crippen LogP) is 4.51. The third-order valence-corrected chi connectivity index (χ3v) is 3.93. The topological polar surface area (TPSA) is 80.4 Å². The molecule has 1 aromatic heterocycles. The lowest BCUT2D eigenvalue weighted by Crippen LogP contribution is -1.97. The summed E-state index contributed by atoms with van der Waals surface area (Å²) in [6.07, 6.45) is 1.54. The monoisotopic (exact) mass is 334 g/mol. The molecular formula is C19H18N4O2. The molecule has 6 nitrogen and oxygen atoms in total. The van der Waals surface area contributed by atoms with E-state index in [1.165, 1.54) is 23.9 Å². The summed E-state index contributed by atoms with van der Waals surface area (Å²) in [5.74, 6) is 0.638. The molecule has 0 atom stereocenters. The Hall–Kier alpha value is -3.28. The maximum Gasteiger partial charge on any atom is 0.270 e. The Balaban J connectivity index is 1.86. The van der Waals surface area contributed by atoms with Gasteiger partial charge in [0.15, 0.2) is 0 Å². The van der Waals surface area contributed by atoms with Crippen LogP contribution in [0.2, 0.25) is 0 Å². The lowest BCUT2D eigenvalue weighted by molar-refractivity contribution is -0.384. The molecule has 2 aromatic carbocycles. The molecule has 0 radical (unpaired) electrons. The third-order valence-electron chi connectivity index (χ3n) is 3.93. The molecule has 0 fully saturated rings. The SMILES string of the molecule is Cc1cc(C)c2nc(NN=Cc3cccc([N+](=O)[O-])c3)cc(C)c2c1. The molecule has 0 unspecified atom stereocenters. The Kier molecular flexibility index (Phi) is 4.43. The number of nitro groups is 1. The molecule has 1 heterocycles. The van der Waals surface area contributed by atoms with Gasteiger partial charge in [0.25, 0.3) is 5.69 Å². The van der Waals surface area contributed by atoms with E-state index in [1.54, 1.807) is 12.1 Å². The molecule has 6 heteroatoms. The van der Waals surface area contributed by atoms with Crippen molar-refractivity contribution in [2.24, 2.45) is 5.10 Å². The van der Waals surface area contributed by atoms with E-state index in [4.69, 9.17) is 0 Å². The number of fused-ring (bicyclic) bond motifs is 1. The second-order valence-corrected chi connectivity index (χ2v) is 6.02. The van der Waals surface area contributed by atoms with Crippen LogP contribution in [0.5, 0.6) is 0 Å². The van der Waals surface area contributed by atoms with Gasteiger partial charge in [-0.1, -0.05) is 23.8 Å². The van der Waals surface area contributed by atoms with Crippen molar-refractivity contribution >= 4 is 28.6 Å². The molecule has 0 saturated heterocycles. The largest absolute Gasteiger partial charge is 0.270 e. The number of hydrazone groups is 1. The molecule has 0 saturated carbocycles. The highest BCUT2D eigenvalue weighted by molar-refractivity contribution is 5.87. The summed E-state index contributed by atoms with van der Waals surface area (Å²) in [5, 5.41) is 16.1. The molecule has 0 amide bonds. The Morgan fingerprint density at radius 2 is 1.92 bits per heavy atom. The molecule has 25 heavy (non-hydrogen) atoms. The van der Waals surface area contributed by atoms with E-state index in [-0.39, 0.29) is 5.69 Å². The van der Waals surface area contributed by atoms with Gasteiger partial charge in [0.05, 0.1) is 16.7 Å². The second kappa shape index (κ2) is 6.68. The molecule has 126 valence electrons. The van der Waals surface area contributed by atoms with Crippen molar-refractivity contribution in [3.63, 3.8) is 0 Å². The number of hydrogen-bond acceptors (Lipinski definition) is 5. The first-order valence-electron chi connectivity index (χ1n) is 7.86. The summed E-state index contributed by atoms with van der Waals surface area (Å²) < 4.78 is 0. The number of rotatable bonds is 4. The summed E-state index contributed by atoms with van der Waals surface area (Å²) >= 11 is 0. The van der Waals surface area contributed by atoms with Gasteiger partial charge in [-0.25, -0.2) is 4.98 Å². The standard InChI is InChI=1S/C19H18N4O2/c1-12-7-14(3)19-17(8-12)13(2)9-18(21-19)22-20-11-15-5-4-6-16(10-15)23(24)25/h4-11H,1-3H3,(H,21,22). The first-order chi connectivity index (χ1) is 11.9. The highest BCUT2D eigenvalue weighted by atomic mass is 16.6. The zero-order valence-electron chi connectivity index (χ0n) is 14.3. The first-order valence-corrected chi connectivity index (χ1v) is 7.86. The number of nitro benzene ring substituents is 1. The Morgan fingerprint density at radius 3 is 2.68 bits per heavy atom. The minimum absolute atomic E-state index is 0.0367. The average molecular weight is 334 g/mol. The van der Waals surface area contributed by atoms with Gasteiger partial charge in [-0.2, -0.15) is 5.10 Å². The second-order valence-electron chi connectivity index (χ2n) is 6.02. The number of aromatic nitrogens is 1. The maximum atomic E-state index is 10.8. The smallest absolute Gasteiger partial charge is 0.261 e. The molecule has 0 spiro atoms. The van der Waals surface area contributed by atoms with E-state index in [0.717, 1.165) is 22.0 Å². The normalized spacial score (nSPS) is 11.2. The van der Waals surface area contributed by atoms with Crippen molar-refractivity contribution in [3.8, 4) is 0 Å². The number of aryl methyl sites for hydroxylation is 3. The van der Waals surface area contributed by atoms with Crippen LogP contribution in [0, 0.1) is 30.9 Å². The minimum atomic E-state index is -0.427. The Labute approximate surface area is 145 Å². The van der Waals surface area contributed by atoms with Gasteiger partial charge in [-0.15, -0.1) is 0 Å². The van der Waals surface area contributed by atoms with Crippen LogP contribution >= 0.6 is 0 Å². The molecule has 0 aliphatic carbocycles. The van der Waals surface area contributed by atoms with Gasteiger partial charge in [0.2, 0.25) is 0 Å². The maximum absolute atomic E-state index is 10.8. The van der Waals surface area contributed by atoms with Crippen LogP contribution in [0.4, 0.5) is 11.5 Å². The lowest BCUT2D eigenvalue weighted by Gasteiger charge is -2.09. The fourth-order valence-electron chi connectivity index (χ4n) is 2.79. The lowest BCUT2D eigenvalue weighted by atomic mass is 10.0. The predicted molar refractivity (Wildman–Crippen MR) is 100 cm³/mol. The summed E-state index contributed by atoms with van der Waals surface area (Å²) in [5.41, 5.74) is 7.97. The van der Waals surface area contributed by atoms with Crippen LogP contribution < -0.4 is 5.43 Å². The van der Waals surface area contributed by atoms with Gasteiger partial charge in [0, 0.05) is 23.1 Å². The van der Waals surface area contributed by atoms with Crippen molar-refractivity contribution < 1.29 is 4.92 Å². The van der Waals surface area contributed by atoms with E-state index >= 15 is 0 Å². The van der Waals surface area contributed by atoms with Crippen molar-refractivity contribution in [1.29, 1.82) is 0 Å². The number of non-ortho nitro benzene ring substituents is 1. The minimum Gasteiger partial charge on any atom is -0.261 e. The number of pyridine rings is 1. The number of nitrogens with one attached hydrogen (secondary N) is 1. The zero-order chi connectivity index (χ0) is 18.0. The van der Waals surface area contributed by atoms with Crippen LogP contribution in [-0.2, 0) is 0 Å². The van der Waals surface area contributed by atoms with Crippen molar-refractivity contribution in [1.82, 2.24) is 4.98 Å². The van der Waals surface area contributed by atoms with E-state index in [1.807, 2.05) is 19.9 Å². The summed E-state index contributed by atoms with van der Waals surface area (Å²) in [7, 11) is 0. The highest BCUT2D eigenvalue weighted by Crippen LogP contribution is 2.24. The van der Waals surface area contributed by atoms with Crippen molar-refractivity contribution in [2.75, 3.05) is 5.43 Å². The van der Waals surface area contributed by atoms with Crippen LogP contribution in [0.1, 0.15) is 22.3 Å². The Morgan fingerprint density at radius 1 is 1.12 bits per heavy atom. The van der Waals surface area contributed by atoms with E-state index < -0.39 is 4.92 Å².